The van der Waals surface area contributed by atoms with Gasteiger partial charge in [0.2, 0.25) is 0 Å². The van der Waals surface area contributed by atoms with Crippen molar-refractivity contribution in [1.82, 2.24) is 0 Å². The number of ether oxygens (including phenoxy) is 1. The predicted octanol–water partition coefficient (Wildman–Crippen LogP) is 4.05. The van der Waals surface area contributed by atoms with Gasteiger partial charge in [0.1, 0.15) is 12.4 Å². The first-order valence-corrected chi connectivity index (χ1v) is 7.19. The van der Waals surface area contributed by atoms with Gasteiger partial charge in [0.15, 0.2) is 0 Å². The van der Waals surface area contributed by atoms with Crippen LogP contribution in [-0.2, 0) is 6.42 Å². The molecule has 0 fully saturated rings. The highest BCUT2D eigenvalue weighted by atomic mass is 79.9. The van der Waals surface area contributed by atoms with Crippen LogP contribution in [-0.4, -0.2) is 12.6 Å². The van der Waals surface area contributed by atoms with Gasteiger partial charge in [-0.3, -0.25) is 0 Å². The van der Waals surface area contributed by atoms with E-state index in [1.165, 1.54) is 5.56 Å². The van der Waals surface area contributed by atoms with Gasteiger partial charge >= 0.3 is 0 Å². The van der Waals surface area contributed by atoms with Gasteiger partial charge < -0.3 is 10.5 Å². The minimum atomic E-state index is -0.0415. The fraction of sp³-hybridized carbons (Fsp3) is 0.200. The third-order valence-electron chi connectivity index (χ3n) is 2.67. The number of hydrogen-bond donors (Lipinski definition) is 1. The SMILES string of the molecule is NC(COc1cccc(Cl)c1)Cc1ccc(Br)cc1. The molecule has 0 spiro atoms. The third kappa shape index (κ3) is 4.86. The highest BCUT2D eigenvalue weighted by Crippen LogP contribution is 2.17. The molecule has 0 aromatic heterocycles. The van der Waals surface area contributed by atoms with Crippen LogP contribution in [0, 0.1) is 0 Å². The number of hydrogen-bond acceptors (Lipinski definition) is 2. The molecule has 2 aromatic carbocycles. The van der Waals surface area contributed by atoms with Gasteiger partial charge in [0, 0.05) is 15.5 Å². The molecule has 0 aliphatic heterocycles. The van der Waals surface area contributed by atoms with E-state index in [9.17, 15) is 0 Å². The average Bonchev–Trinajstić information content (AvgIpc) is 2.39. The van der Waals surface area contributed by atoms with Crippen LogP contribution < -0.4 is 10.5 Å². The van der Waals surface area contributed by atoms with E-state index in [1.54, 1.807) is 6.07 Å². The summed E-state index contributed by atoms with van der Waals surface area (Å²) in [5.41, 5.74) is 7.26. The monoisotopic (exact) mass is 339 g/mol. The quantitative estimate of drug-likeness (QED) is 0.891. The Morgan fingerprint density at radius 2 is 1.89 bits per heavy atom. The first-order chi connectivity index (χ1) is 9.13. The molecule has 2 rings (SSSR count). The van der Waals surface area contributed by atoms with Gasteiger partial charge in [-0.1, -0.05) is 45.7 Å². The van der Waals surface area contributed by atoms with Gasteiger partial charge in [-0.25, -0.2) is 0 Å². The first-order valence-electron chi connectivity index (χ1n) is 6.02. The Morgan fingerprint density at radius 3 is 2.58 bits per heavy atom. The van der Waals surface area contributed by atoms with Crippen molar-refractivity contribution >= 4 is 27.5 Å². The maximum absolute atomic E-state index is 6.06. The van der Waals surface area contributed by atoms with E-state index in [4.69, 9.17) is 22.1 Å². The molecule has 4 heteroatoms. The summed E-state index contributed by atoms with van der Waals surface area (Å²) in [6.07, 6.45) is 0.786. The second-order valence-corrected chi connectivity index (χ2v) is 5.71. The highest BCUT2D eigenvalue weighted by molar-refractivity contribution is 9.10. The molecular weight excluding hydrogens is 326 g/mol. The molecule has 1 atom stereocenters. The van der Waals surface area contributed by atoms with Gasteiger partial charge in [-0.15, -0.1) is 0 Å². The van der Waals surface area contributed by atoms with Crippen molar-refractivity contribution in [3.8, 4) is 5.75 Å². The summed E-state index contributed by atoms with van der Waals surface area (Å²) in [5, 5.41) is 0.666. The zero-order chi connectivity index (χ0) is 13.7. The molecule has 0 aliphatic carbocycles. The lowest BCUT2D eigenvalue weighted by molar-refractivity contribution is 0.287. The Kier molecular flexibility index (Phi) is 5.25. The summed E-state index contributed by atoms with van der Waals surface area (Å²) in [6.45, 7) is 0.469. The summed E-state index contributed by atoms with van der Waals surface area (Å²) in [6, 6.07) is 15.4. The van der Waals surface area contributed by atoms with Crippen molar-refractivity contribution in [3.05, 3.63) is 63.6 Å². The van der Waals surface area contributed by atoms with E-state index in [0.29, 0.717) is 11.6 Å². The third-order valence-corrected chi connectivity index (χ3v) is 3.44. The lowest BCUT2D eigenvalue weighted by atomic mass is 10.1. The van der Waals surface area contributed by atoms with E-state index in [-0.39, 0.29) is 6.04 Å². The number of nitrogens with two attached hydrogens (primary N) is 1. The normalized spacial score (nSPS) is 12.2. The van der Waals surface area contributed by atoms with E-state index in [1.807, 2.05) is 30.3 Å². The summed E-state index contributed by atoms with van der Waals surface area (Å²) in [7, 11) is 0. The first kappa shape index (κ1) is 14.4. The number of benzene rings is 2. The van der Waals surface area contributed by atoms with Gasteiger partial charge in [0.25, 0.3) is 0 Å². The molecule has 2 nitrogen and oxygen atoms in total. The van der Waals surface area contributed by atoms with E-state index >= 15 is 0 Å². The molecule has 0 heterocycles. The zero-order valence-electron chi connectivity index (χ0n) is 10.4. The molecule has 0 saturated carbocycles. The van der Waals surface area contributed by atoms with Crippen molar-refractivity contribution in [2.45, 2.75) is 12.5 Å². The Morgan fingerprint density at radius 1 is 1.16 bits per heavy atom. The van der Waals surface area contributed by atoms with Crippen LogP contribution in [0.3, 0.4) is 0 Å². The minimum Gasteiger partial charge on any atom is -0.492 e. The lowest BCUT2D eigenvalue weighted by Gasteiger charge is -2.13. The van der Waals surface area contributed by atoms with Crippen LogP contribution in [0.4, 0.5) is 0 Å². The Bertz CT molecular complexity index is 530. The molecule has 100 valence electrons. The molecule has 1 unspecified atom stereocenters. The van der Waals surface area contributed by atoms with E-state index in [0.717, 1.165) is 16.6 Å². The van der Waals surface area contributed by atoms with Crippen LogP contribution >= 0.6 is 27.5 Å². The summed E-state index contributed by atoms with van der Waals surface area (Å²) >= 11 is 9.30. The predicted molar refractivity (Wildman–Crippen MR) is 82.8 cm³/mol. The van der Waals surface area contributed by atoms with Crippen molar-refractivity contribution in [1.29, 1.82) is 0 Å². The second kappa shape index (κ2) is 6.94. The standard InChI is InChI=1S/C15H15BrClNO/c16-12-6-4-11(5-7-12)8-14(18)10-19-15-3-1-2-13(17)9-15/h1-7,9,14H,8,10,18H2. The van der Waals surface area contributed by atoms with Crippen molar-refractivity contribution in [2.24, 2.45) is 5.73 Å². The Hall–Kier alpha value is -1.03. The fourth-order valence-electron chi connectivity index (χ4n) is 1.74. The van der Waals surface area contributed by atoms with Gasteiger partial charge in [-0.05, 0) is 42.3 Å². The van der Waals surface area contributed by atoms with Crippen LogP contribution in [0.2, 0.25) is 5.02 Å². The lowest BCUT2D eigenvalue weighted by Crippen LogP contribution is -2.30. The van der Waals surface area contributed by atoms with Crippen molar-refractivity contribution in [2.75, 3.05) is 6.61 Å². The molecule has 0 bridgehead atoms. The summed E-state index contributed by atoms with van der Waals surface area (Å²) < 4.78 is 6.70. The second-order valence-electron chi connectivity index (χ2n) is 4.36. The largest absolute Gasteiger partial charge is 0.492 e. The Balaban J connectivity index is 1.84. The molecule has 2 N–H and O–H groups in total. The van der Waals surface area contributed by atoms with Crippen LogP contribution in [0.15, 0.2) is 53.0 Å². The van der Waals surface area contributed by atoms with Gasteiger partial charge in [0.05, 0.1) is 0 Å². The summed E-state index contributed by atoms with van der Waals surface area (Å²) in [4.78, 5) is 0. The van der Waals surface area contributed by atoms with E-state index < -0.39 is 0 Å². The zero-order valence-corrected chi connectivity index (χ0v) is 12.7. The molecule has 0 aliphatic rings. The number of rotatable bonds is 5. The highest BCUT2D eigenvalue weighted by Gasteiger charge is 2.05. The summed E-state index contributed by atoms with van der Waals surface area (Å²) in [5.74, 6) is 0.749. The molecule has 0 amide bonds. The maximum Gasteiger partial charge on any atom is 0.120 e. The molecule has 0 radical (unpaired) electrons. The van der Waals surface area contributed by atoms with Crippen molar-refractivity contribution < 1.29 is 4.74 Å². The Labute approximate surface area is 126 Å². The molecular formula is C15H15BrClNO. The van der Waals surface area contributed by atoms with E-state index in [2.05, 4.69) is 28.1 Å². The number of halogens is 2. The smallest absolute Gasteiger partial charge is 0.120 e. The minimum absolute atomic E-state index is 0.0415. The molecule has 0 saturated heterocycles. The molecule has 2 aromatic rings. The van der Waals surface area contributed by atoms with Crippen LogP contribution in [0.5, 0.6) is 5.75 Å². The van der Waals surface area contributed by atoms with Crippen molar-refractivity contribution in [3.63, 3.8) is 0 Å². The molecule has 19 heavy (non-hydrogen) atoms. The maximum atomic E-state index is 6.06. The fourth-order valence-corrected chi connectivity index (χ4v) is 2.19. The van der Waals surface area contributed by atoms with Gasteiger partial charge in [-0.2, -0.15) is 0 Å². The average molecular weight is 341 g/mol. The van der Waals surface area contributed by atoms with Crippen LogP contribution in [0.1, 0.15) is 5.56 Å². The van der Waals surface area contributed by atoms with Crippen LogP contribution in [0.25, 0.3) is 0 Å². The topological polar surface area (TPSA) is 35.2 Å².